The van der Waals surface area contributed by atoms with Gasteiger partial charge in [0.15, 0.2) is 11.5 Å². The monoisotopic (exact) mass is 494 g/mol. The number of pyridine rings is 1. The number of imide groups is 1. The third kappa shape index (κ3) is 4.90. The molecular formula is C27H34N4O5. The summed E-state index contributed by atoms with van der Waals surface area (Å²) in [4.78, 5) is 36.8. The molecule has 2 aromatic rings. The van der Waals surface area contributed by atoms with Crippen molar-refractivity contribution in [1.29, 1.82) is 0 Å². The van der Waals surface area contributed by atoms with Gasteiger partial charge in [-0.2, -0.15) is 0 Å². The lowest BCUT2D eigenvalue weighted by molar-refractivity contribution is -0.136. The van der Waals surface area contributed by atoms with E-state index < -0.39 is 5.54 Å². The standard InChI is InChI=1S/C27H34N4O5/c1-34-15-14-31-26(33)30(11-3-5-21-4-2-10-28-19-21)25(32)27(31)8-12-29(13-9-27)20-22-6-7-23-24(18-22)36-17-16-35-23/h2,4,6-7,10,18-19H,3,5,8-9,11-17,20H2,1H3. The third-order valence-corrected chi connectivity index (χ3v) is 7.41. The molecule has 4 heterocycles. The maximum absolute atomic E-state index is 13.7. The Morgan fingerprint density at radius 1 is 1.03 bits per heavy atom. The Morgan fingerprint density at radius 2 is 1.83 bits per heavy atom. The van der Waals surface area contributed by atoms with Crippen molar-refractivity contribution < 1.29 is 23.8 Å². The number of nitrogens with zero attached hydrogens (tertiary/aromatic N) is 4. The van der Waals surface area contributed by atoms with Gasteiger partial charge in [0.2, 0.25) is 0 Å². The van der Waals surface area contributed by atoms with E-state index in [1.807, 2.05) is 30.5 Å². The number of ether oxygens (including phenoxy) is 3. The zero-order valence-electron chi connectivity index (χ0n) is 20.9. The molecule has 192 valence electrons. The van der Waals surface area contributed by atoms with Gasteiger partial charge < -0.3 is 19.1 Å². The van der Waals surface area contributed by atoms with Gasteiger partial charge in [-0.05, 0) is 55.0 Å². The summed E-state index contributed by atoms with van der Waals surface area (Å²) in [5.74, 6) is 1.51. The van der Waals surface area contributed by atoms with Crippen molar-refractivity contribution in [2.45, 2.75) is 37.8 Å². The maximum Gasteiger partial charge on any atom is 0.327 e. The Hall–Kier alpha value is -3.17. The molecule has 5 rings (SSSR count). The van der Waals surface area contributed by atoms with Crippen molar-refractivity contribution in [3.8, 4) is 11.5 Å². The fraction of sp³-hybridized carbons (Fsp3) is 0.519. The van der Waals surface area contributed by atoms with Crippen LogP contribution in [0, 0.1) is 0 Å². The van der Waals surface area contributed by atoms with Crippen LogP contribution in [0.25, 0.3) is 0 Å². The van der Waals surface area contributed by atoms with Crippen LogP contribution < -0.4 is 9.47 Å². The molecule has 2 saturated heterocycles. The van der Waals surface area contributed by atoms with Crippen LogP contribution in [0.15, 0.2) is 42.7 Å². The summed E-state index contributed by atoms with van der Waals surface area (Å²) >= 11 is 0. The van der Waals surface area contributed by atoms with Crippen LogP contribution in [-0.4, -0.2) is 90.3 Å². The molecule has 3 aliphatic rings. The zero-order valence-corrected chi connectivity index (χ0v) is 20.9. The van der Waals surface area contributed by atoms with Crippen LogP contribution in [-0.2, 0) is 22.5 Å². The molecule has 3 amide bonds. The number of methoxy groups -OCH3 is 1. The minimum Gasteiger partial charge on any atom is -0.486 e. The van der Waals surface area contributed by atoms with Crippen molar-refractivity contribution in [2.24, 2.45) is 0 Å². The van der Waals surface area contributed by atoms with Crippen LogP contribution >= 0.6 is 0 Å². The van der Waals surface area contributed by atoms with E-state index in [4.69, 9.17) is 14.2 Å². The van der Waals surface area contributed by atoms with E-state index in [0.717, 1.165) is 48.7 Å². The van der Waals surface area contributed by atoms with Gasteiger partial charge in [0.1, 0.15) is 18.8 Å². The topological polar surface area (TPSA) is 84.4 Å². The van der Waals surface area contributed by atoms with Gasteiger partial charge in [-0.15, -0.1) is 0 Å². The highest BCUT2D eigenvalue weighted by atomic mass is 16.6. The molecule has 0 unspecified atom stereocenters. The van der Waals surface area contributed by atoms with Gasteiger partial charge in [0.25, 0.3) is 5.91 Å². The number of carbonyl (C=O) groups excluding carboxylic acids is 2. The number of benzene rings is 1. The van der Waals surface area contributed by atoms with Crippen molar-refractivity contribution in [1.82, 2.24) is 19.7 Å². The highest BCUT2D eigenvalue weighted by molar-refractivity contribution is 6.07. The summed E-state index contributed by atoms with van der Waals surface area (Å²) in [6, 6.07) is 9.80. The first kappa shape index (κ1) is 24.5. The van der Waals surface area contributed by atoms with Gasteiger partial charge >= 0.3 is 6.03 Å². The molecular weight excluding hydrogens is 460 g/mol. The molecule has 0 aliphatic carbocycles. The van der Waals surface area contributed by atoms with Crippen molar-refractivity contribution in [3.05, 3.63) is 53.9 Å². The lowest BCUT2D eigenvalue weighted by atomic mass is 9.85. The average Bonchev–Trinajstić information content (AvgIpc) is 3.10. The Bertz CT molecular complexity index is 1070. The maximum atomic E-state index is 13.7. The molecule has 0 atom stereocenters. The highest BCUT2D eigenvalue weighted by Gasteiger charge is 2.57. The first-order valence-corrected chi connectivity index (χ1v) is 12.7. The van der Waals surface area contributed by atoms with E-state index in [1.165, 1.54) is 4.90 Å². The second kappa shape index (κ2) is 10.8. The number of urea groups is 1. The Labute approximate surface area is 211 Å². The van der Waals surface area contributed by atoms with Gasteiger partial charge in [-0.1, -0.05) is 12.1 Å². The third-order valence-electron chi connectivity index (χ3n) is 7.41. The number of piperidine rings is 1. The molecule has 9 nitrogen and oxygen atoms in total. The van der Waals surface area contributed by atoms with E-state index in [1.54, 1.807) is 18.2 Å². The quantitative estimate of drug-likeness (QED) is 0.496. The second-order valence-corrected chi connectivity index (χ2v) is 9.63. The fourth-order valence-electron chi connectivity index (χ4n) is 5.47. The normalized spacial score (nSPS) is 19.4. The van der Waals surface area contributed by atoms with Gasteiger partial charge in [-0.3, -0.25) is 19.6 Å². The van der Waals surface area contributed by atoms with Crippen LogP contribution in [0.1, 0.15) is 30.4 Å². The minimum atomic E-state index is -0.785. The van der Waals surface area contributed by atoms with E-state index in [0.29, 0.717) is 52.2 Å². The van der Waals surface area contributed by atoms with Crippen molar-refractivity contribution in [3.63, 3.8) is 0 Å². The number of likely N-dealkylation sites (tertiary alicyclic amines) is 1. The molecule has 1 spiro atoms. The number of amides is 3. The first-order chi connectivity index (χ1) is 17.6. The number of fused-ring (bicyclic) bond motifs is 1. The van der Waals surface area contributed by atoms with Crippen molar-refractivity contribution in [2.75, 3.05) is 53.1 Å². The predicted octanol–water partition coefficient (Wildman–Crippen LogP) is 2.73. The first-order valence-electron chi connectivity index (χ1n) is 12.7. The molecule has 2 fully saturated rings. The zero-order chi connectivity index (χ0) is 25.0. The number of hydrogen-bond donors (Lipinski definition) is 0. The summed E-state index contributed by atoms with van der Waals surface area (Å²) < 4.78 is 16.6. The molecule has 0 N–H and O–H groups in total. The van der Waals surface area contributed by atoms with Gasteiger partial charge in [0, 0.05) is 52.2 Å². The minimum absolute atomic E-state index is 0.0613. The number of rotatable bonds is 9. The summed E-state index contributed by atoms with van der Waals surface area (Å²) in [6.45, 7) is 4.62. The highest BCUT2D eigenvalue weighted by Crippen LogP contribution is 2.38. The molecule has 3 aliphatic heterocycles. The van der Waals surface area contributed by atoms with Crippen LogP contribution in [0.2, 0.25) is 0 Å². The van der Waals surface area contributed by atoms with E-state index in [-0.39, 0.29) is 11.9 Å². The Kier molecular flexibility index (Phi) is 7.38. The van der Waals surface area contributed by atoms with Crippen LogP contribution in [0.3, 0.4) is 0 Å². The van der Waals surface area contributed by atoms with E-state index in [9.17, 15) is 9.59 Å². The molecule has 1 aromatic carbocycles. The number of aromatic nitrogens is 1. The molecule has 0 saturated carbocycles. The Morgan fingerprint density at radius 3 is 2.58 bits per heavy atom. The van der Waals surface area contributed by atoms with E-state index >= 15 is 0 Å². The number of carbonyl (C=O) groups is 2. The van der Waals surface area contributed by atoms with Crippen LogP contribution in [0.5, 0.6) is 11.5 Å². The smallest absolute Gasteiger partial charge is 0.327 e. The molecule has 0 bridgehead atoms. The summed E-state index contributed by atoms with van der Waals surface area (Å²) in [7, 11) is 1.62. The summed E-state index contributed by atoms with van der Waals surface area (Å²) in [6.07, 6.45) is 6.30. The molecule has 1 aromatic heterocycles. The van der Waals surface area contributed by atoms with Crippen LogP contribution in [0.4, 0.5) is 4.79 Å². The SMILES string of the molecule is COCCN1C(=O)N(CCCc2cccnc2)C(=O)C12CCN(Cc1ccc3c(c1)OCCO3)CC2. The van der Waals surface area contributed by atoms with E-state index in [2.05, 4.69) is 16.0 Å². The fourth-order valence-corrected chi connectivity index (χ4v) is 5.47. The second-order valence-electron chi connectivity index (χ2n) is 9.63. The lowest BCUT2D eigenvalue weighted by Gasteiger charge is -2.42. The summed E-state index contributed by atoms with van der Waals surface area (Å²) in [5, 5.41) is 0. The largest absolute Gasteiger partial charge is 0.486 e. The van der Waals surface area contributed by atoms with Gasteiger partial charge in [0.05, 0.1) is 6.61 Å². The lowest BCUT2D eigenvalue weighted by Crippen LogP contribution is -2.57. The summed E-state index contributed by atoms with van der Waals surface area (Å²) in [5.41, 5.74) is 1.47. The number of hydrogen-bond acceptors (Lipinski definition) is 7. The predicted molar refractivity (Wildman–Crippen MR) is 133 cm³/mol. The molecule has 36 heavy (non-hydrogen) atoms. The Balaban J connectivity index is 1.23. The molecule has 9 heteroatoms. The number of aryl methyl sites for hydroxylation is 1. The average molecular weight is 495 g/mol. The van der Waals surface area contributed by atoms with Gasteiger partial charge in [-0.25, -0.2) is 4.79 Å². The molecule has 0 radical (unpaired) electrons. The van der Waals surface area contributed by atoms with Crippen molar-refractivity contribution >= 4 is 11.9 Å².